The van der Waals surface area contributed by atoms with Gasteiger partial charge < -0.3 is 0 Å². The smallest absolute Gasteiger partial charge is 0.139 e. The van der Waals surface area contributed by atoms with E-state index in [2.05, 4.69) is 24.6 Å². The average Bonchev–Trinajstić information content (AvgIpc) is 2.81. The van der Waals surface area contributed by atoms with Gasteiger partial charge in [-0.2, -0.15) is 0 Å². The molecule has 2 heteroatoms. The van der Waals surface area contributed by atoms with Gasteiger partial charge in [0.1, 0.15) is 6.67 Å². The lowest BCUT2D eigenvalue weighted by atomic mass is 9.94. The normalized spacial score (nSPS) is 31.0. The third-order valence-electron chi connectivity index (χ3n) is 5.29. The molecule has 0 aromatic rings. The summed E-state index contributed by atoms with van der Waals surface area (Å²) in [6, 6.07) is 0.851. The van der Waals surface area contributed by atoms with Gasteiger partial charge in [0.15, 0.2) is 0 Å². The van der Waals surface area contributed by atoms with Gasteiger partial charge in [0.25, 0.3) is 0 Å². The summed E-state index contributed by atoms with van der Waals surface area (Å²) < 4.78 is 1.18. The van der Waals surface area contributed by atoms with E-state index in [9.17, 15) is 0 Å². The predicted octanol–water partition coefficient (Wildman–Crippen LogP) is 4.13. The Morgan fingerprint density at radius 1 is 1.16 bits per heavy atom. The maximum Gasteiger partial charge on any atom is 0.139 e. The zero-order valence-electron chi connectivity index (χ0n) is 12.9. The summed E-state index contributed by atoms with van der Waals surface area (Å²) in [6.07, 6.45) is 15.0. The molecule has 110 valence electrons. The molecular formula is C17H33N2+. The van der Waals surface area contributed by atoms with Crippen molar-refractivity contribution >= 4 is 0 Å². The molecule has 1 aliphatic carbocycles. The molecule has 19 heavy (non-hydrogen) atoms. The molecule has 0 N–H and O–H groups in total. The fraction of sp³-hybridized carbons (Fsp3) is 0.882. The highest BCUT2D eigenvalue weighted by Gasteiger charge is 2.40. The van der Waals surface area contributed by atoms with Crippen molar-refractivity contribution < 1.29 is 4.48 Å². The summed E-state index contributed by atoms with van der Waals surface area (Å²) in [4.78, 5) is 2.67. The van der Waals surface area contributed by atoms with Gasteiger partial charge in [0.2, 0.25) is 0 Å². The van der Waals surface area contributed by atoms with Crippen LogP contribution >= 0.6 is 0 Å². The Kier molecular flexibility index (Phi) is 5.90. The maximum absolute atomic E-state index is 4.20. The van der Waals surface area contributed by atoms with Crippen molar-refractivity contribution in [1.29, 1.82) is 0 Å². The molecule has 2 rings (SSSR count). The van der Waals surface area contributed by atoms with Gasteiger partial charge in [0.05, 0.1) is 25.3 Å². The molecule has 1 aliphatic heterocycles. The summed E-state index contributed by atoms with van der Waals surface area (Å²) in [5.74, 6) is 0. The minimum Gasteiger partial charge on any atom is -0.282 e. The lowest BCUT2D eigenvalue weighted by molar-refractivity contribution is -0.897. The minimum atomic E-state index is 0.851. The first-order valence-electron chi connectivity index (χ1n) is 8.53. The first-order valence-corrected chi connectivity index (χ1v) is 8.53. The zero-order chi connectivity index (χ0) is 13.6. The highest BCUT2D eigenvalue weighted by Crippen LogP contribution is 2.30. The third-order valence-corrected chi connectivity index (χ3v) is 5.29. The van der Waals surface area contributed by atoms with E-state index in [1.54, 1.807) is 0 Å². The quantitative estimate of drug-likeness (QED) is 0.676. The standard InChI is InChI=1S/C17H33N2/c1-3-5-13-18-14-15-19(4-2,16-18)17-11-9-7-6-8-10-12-17/h4,17H,2-3,5-16H2,1H3/q+1. The second kappa shape index (κ2) is 7.44. The summed E-state index contributed by atoms with van der Waals surface area (Å²) >= 11 is 0. The monoisotopic (exact) mass is 265 g/mol. The highest BCUT2D eigenvalue weighted by atomic mass is 15.5. The maximum atomic E-state index is 4.20. The molecule has 0 spiro atoms. The van der Waals surface area contributed by atoms with Crippen LogP contribution in [0.5, 0.6) is 0 Å². The Hall–Kier alpha value is -0.340. The first-order chi connectivity index (χ1) is 9.30. The van der Waals surface area contributed by atoms with E-state index in [0.717, 1.165) is 6.04 Å². The fourth-order valence-corrected chi connectivity index (χ4v) is 3.95. The molecule has 1 unspecified atom stereocenters. The molecule has 0 aromatic carbocycles. The molecule has 0 bridgehead atoms. The molecule has 1 saturated heterocycles. The van der Waals surface area contributed by atoms with E-state index < -0.39 is 0 Å². The molecule has 1 heterocycles. The van der Waals surface area contributed by atoms with Crippen molar-refractivity contribution in [3.63, 3.8) is 0 Å². The second-order valence-corrected chi connectivity index (χ2v) is 6.62. The van der Waals surface area contributed by atoms with Crippen molar-refractivity contribution in [2.75, 3.05) is 26.3 Å². The molecule has 0 amide bonds. The van der Waals surface area contributed by atoms with Gasteiger partial charge in [-0.25, -0.2) is 0 Å². The number of hydrogen-bond donors (Lipinski definition) is 0. The van der Waals surface area contributed by atoms with Crippen molar-refractivity contribution in [2.24, 2.45) is 0 Å². The van der Waals surface area contributed by atoms with Crippen LogP contribution in [0.4, 0.5) is 0 Å². The topological polar surface area (TPSA) is 3.24 Å². The summed E-state index contributed by atoms with van der Waals surface area (Å²) in [6.45, 7) is 11.6. The zero-order valence-corrected chi connectivity index (χ0v) is 12.9. The molecule has 0 radical (unpaired) electrons. The lowest BCUT2D eigenvalue weighted by Crippen LogP contribution is -2.50. The van der Waals surface area contributed by atoms with Crippen LogP contribution in [0.15, 0.2) is 12.8 Å². The molecule has 0 aromatic heterocycles. The van der Waals surface area contributed by atoms with Crippen molar-refractivity contribution in [3.8, 4) is 0 Å². The van der Waals surface area contributed by atoms with Crippen LogP contribution in [-0.2, 0) is 0 Å². The number of rotatable bonds is 5. The van der Waals surface area contributed by atoms with Crippen molar-refractivity contribution in [3.05, 3.63) is 12.8 Å². The number of quaternary nitrogens is 1. The Bertz CT molecular complexity index is 268. The van der Waals surface area contributed by atoms with Crippen LogP contribution in [0.25, 0.3) is 0 Å². The fourth-order valence-electron chi connectivity index (χ4n) is 3.95. The van der Waals surface area contributed by atoms with Gasteiger partial charge >= 0.3 is 0 Å². The first kappa shape index (κ1) is 15.1. The average molecular weight is 265 g/mol. The van der Waals surface area contributed by atoms with Crippen LogP contribution in [0.2, 0.25) is 0 Å². The van der Waals surface area contributed by atoms with Gasteiger partial charge in [-0.3, -0.25) is 9.38 Å². The molecule has 1 saturated carbocycles. The van der Waals surface area contributed by atoms with Crippen LogP contribution in [0.3, 0.4) is 0 Å². The summed E-state index contributed by atoms with van der Waals surface area (Å²) in [5.41, 5.74) is 0. The van der Waals surface area contributed by atoms with E-state index in [4.69, 9.17) is 0 Å². The van der Waals surface area contributed by atoms with Crippen LogP contribution in [0, 0.1) is 0 Å². The van der Waals surface area contributed by atoms with Crippen LogP contribution in [0.1, 0.15) is 64.7 Å². The Morgan fingerprint density at radius 3 is 2.47 bits per heavy atom. The van der Waals surface area contributed by atoms with E-state index >= 15 is 0 Å². The van der Waals surface area contributed by atoms with Crippen LogP contribution < -0.4 is 0 Å². The molecule has 2 fully saturated rings. The number of nitrogens with zero attached hydrogens (tertiary/aromatic N) is 2. The van der Waals surface area contributed by atoms with Gasteiger partial charge in [0, 0.05) is 6.54 Å². The summed E-state index contributed by atoms with van der Waals surface area (Å²) in [7, 11) is 0. The third kappa shape index (κ3) is 3.82. The van der Waals surface area contributed by atoms with E-state index in [1.807, 2.05) is 0 Å². The number of hydrogen-bond acceptors (Lipinski definition) is 1. The van der Waals surface area contributed by atoms with Crippen molar-refractivity contribution in [1.82, 2.24) is 4.90 Å². The minimum absolute atomic E-state index is 0.851. The SMILES string of the molecule is C=C[N+]1(C2CCCCCCC2)CCN(CCCC)C1. The van der Waals surface area contributed by atoms with E-state index in [1.165, 1.54) is 88.6 Å². The summed E-state index contributed by atoms with van der Waals surface area (Å²) in [5, 5.41) is 0. The second-order valence-electron chi connectivity index (χ2n) is 6.62. The van der Waals surface area contributed by atoms with Crippen LogP contribution in [-0.4, -0.2) is 41.7 Å². The molecule has 2 nitrogen and oxygen atoms in total. The Balaban J connectivity index is 1.95. The van der Waals surface area contributed by atoms with Gasteiger partial charge in [-0.05, 0) is 38.7 Å². The van der Waals surface area contributed by atoms with Crippen molar-refractivity contribution in [2.45, 2.75) is 70.8 Å². The van der Waals surface area contributed by atoms with E-state index in [0.29, 0.717) is 0 Å². The molecular weight excluding hydrogens is 232 g/mol. The van der Waals surface area contributed by atoms with Gasteiger partial charge in [-0.1, -0.05) is 32.6 Å². The molecule has 2 aliphatic rings. The Labute approximate surface area is 120 Å². The highest BCUT2D eigenvalue weighted by molar-refractivity contribution is 4.75. The predicted molar refractivity (Wildman–Crippen MR) is 82.8 cm³/mol. The van der Waals surface area contributed by atoms with E-state index in [-0.39, 0.29) is 0 Å². The number of unbranched alkanes of at least 4 members (excludes halogenated alkanes) is 1. The van der Waals surface area contributed by atoms with Gasteiger partial charge in [-0.15, -0.1) is 0 Å². The largest absolute Gasteiger partial charge is 0.282 e. The molecule has 1 atom stereocenters. The Morgan fingerprint density at radius 2 is 1.84 bits per heavy atom. The lowest BCUT2D eigenvalue weighted by Gasteiger charge is -2.39.